The summed E-state index contributed by atoms with van der Waals surface area (Å²) in [6, 6.07) is 6.30. The van der Waals surface area contributed by atoms with Crippen LogP contribution >= 0.6 is 0 Å². The summed E-state index contributed by atoms with van der Waals surface area (Å²) in [5.74, 6) is -1.05. The van der Waals surface area contributed by atoms with E-state index in [4.69, 9.17) is 5.11 Å². The van der Waals surface area contributed by atoms with E-state index in [0.29, 0.717) is 12.1 Å². The molecule has 22 heavy (non-hydrogen) atoms. The van der Waals surface area contributed by atoms with Crippen LogP contribution in [0.2, 0.25) is 0 Å². The number of carbonyl (C=O) groups excluding carboxylic acids is 1. The van der Waals surface area contributed by atoms with Crippen LogP contribution in [-0.2, 0) is 4.79 Å². The molecule has 120 valence electrons. The third kappa shape index (κ3) is 7.62. The fraction of sp³-hybridized carbons (Fsp3) is 0.444. The molecule has 1 amide bonds. The van der Waals surface area contributed by atoms with Gasteiger partial charge in [0.15, 0.2) is 0 Å². The molecule has 0 radical (unpaired) electrons. The number of carbonyl (C=O) groups is 2. The number of carboxylic acid groups (broad SMARTS) is 1. The number of carboxylic acids is 1. The van der Waals surface area contributed by atoms with Crippen LogP contribution in [-0.4, -0.2) is 17.0 Å². The monoisotopic (exact) mass is 303 g/mol. The molecule has 2 N–H and O–H groups in total. The molecule has 0 spiro atoms. The van der Waals surface area contributed by atoms with Gasteiger partial charge in [-0.15, -0.1) is 6.58 Å². The lowest BCUT2D eigenvalue weighted by Gasteiger charge is -2.06. The van der Waals surface area contributed by atoms with E-state index in [9.17, 15) is 9.59 Å². The maximum atomic E-state index is 11.8. The van der Waals surface area contributed by atoms with Gasteiger partial charge in [0, 0.05) is 12.1 Å². The molecule has 0 aliphatic rings. The van der Waals surface area contributed by atoms with E-state index >= 15 is 0 Å². The van der Waals surface area contributed by atoms with E-state index in [1.54, 1.807) is 12.1 Å². The number of nitrogens with one attached hydrogen (secondary N) is 1. The topological polar surface area (TPSA) is 66.4 Å². The smallest absolute Gasteiger partial charge is 0.335 e. The maximum absolute atomic E-state index is 11.8. The first kappa shape index (κ1) is 18.0. The van der Waals surface area contributed by atoms with Crippen molar-refractivity contribution < 1.29 is 14.7 Å². The lowest BCUT2D eigenvalue weighted by atomic mass is 10.1. The van der Waals surface area contributed by atoms with Gasteiger partial charge in [-0.1, -0.05) is 37.8 Å². The van der Waals surface area contributed by atoms with E-state index in [1.807, 2.05) is 6.08 Å². The Balaban J connectivity index is 2.17. The molecule has 0 heterocycles. The highest BCUT2D eigenvalue weighted by Gasteiger charge is 2.06. The number of anilines is 1. The van der Waals surface area contributed by atoms with Crippen molar-refractivity contribution in [3.05, 3.63) is 42.5 Å². The second-order valence-electron chi connectivity index (χ2n) is 5.38. The molecule has 0 aromatic heterocycles. The van der Waals surface area contributed by atoms with Gasteiger partial charge < -0.3 is 10.4 Å². The highest BCUT2D eigenvalue weighted by molar-refractivity contribution is 5.93. The zero-order valence-corrected chi connectivity index (χ0v) is 13.0. The Bertz CT molecular complexity index is 497. The van der Waals surface area contributed by atoms with E-state index in [-0.39, 0.29) is 11.5 Å². The van der Waals surface area contributed by atoms with Crippen molar-refractivity contribution in [3.63, 3.8) is 0 Å². The average Bonchev–Trinajstić information content (AvgIpc) is 2.50. The van der Waals surface area contributed by atoms with E-state index < -0.39 is 5.97 Å². The van der Waals surface area contributed by atoms with Crippen LogP contribution in [0.4, 0.5) is 5.69 Å². The summed E-state index contributed by atoms with van der Waals surface area (Å²) in [7, 11) is 0. The zero-order valence-electron chi connectivity index (χ0n) is 13.0. The third-order valence-corrected chi connectivity index (χ3v) is 3.46. The number of allylic oxidation sites excluding steroid dienone is 1. The largest absolute Gasteiger partial charge is 0.478 e. The van der Waals surface area contributed by atoms with Gasteiger partial charge in [0.2, 0.25) is 5.91 Å². The Morgan fingerprint density at radius 3 is 2.45 bits per heavy atom. The summed E-state index contributed by atoms with van der Waals surface area (Å²) in [6.45, 7) is 3.70. The normalized spacial score (nSPS) is 10.2. The van der Waals surface area contributed by atoms with Gasteiger partial charge in [-0.2, -0.15) is 0 Å². The fourth-order valence-electron chi connectivity index (χ4n) is 2.23. The minimum atomic E-state index is -0.993. The van der Waals surface area contributed by atoms with Gasteiger partial charge in [0.05, 0.1) is 5.56 Å². The van der Waals surface area contributed by atoms with Crippen LogP contribution in [0.5, 0.6) is 0 Å². The summed E-state index contributed by atoms with van der Waals surface area (Å²) in [4.78, 5) is 22.7. The molecular weight excluding hydrogens is 278 g/mol. The molecule has 1 aromatic carbocycles. The molecule has 0 aliphatic heterocycles. The number of unbranched alkanes of at least 4 members (excludes halogenated alkanes) is 6. The van der Waals surface area contributed by atoms with Gasteiger partial charge in [0.1, 0.15) is 0 Å². The molecular formula is C18H25NO3. The van der Waals surface area contributed by atoms with Crippen LogP contribution in [0.3, 0.4) is 0 Å². The number of aromatic carboxylic acids is 1. The van der Waals surface area contributed by atoms with Gasteiger partial charge in [0.25, 0.3) is 0 Å². The van der Waals surface area contributed by atoms with Crippen LogP contribution < -0.4 is 5.32 Å². The molecule has 0 saturated heterocycles. The fourth-order valence-corrected chi connectivity index (χ4v) is 2.23. The minimum absolute atomic E-state index is 0.0609. The second kappa shape index (κ2) is 10.6. The quantitative estimate of drug-likeness (QED) is 0.462. The minimum Gasteiger partial charge on any atom is -0.478 e. The molecule has 4 nitrogen and oxygen atoms in total. The Labute approximate surface area is 132 Å². The highest BCUT2D eigenvalue weighted by Crippen LogP contribution is 2.13. The van der Waals surface area contributed by atoms with Crippen LogP contribution in [0.1, 0.15) is 61.7 Å². The molecule has 1 aromatic rings. The lowest BCUT2D eigenvalue weighted by molar-refractivity contribution is -0.116. The van der Waals surface area contributed by atoms with Crippen molar-refractivity contribution >= 4 is 17.6 Å². The molecule has 0 saturated carbocycles. The highest BCUT2D eigenvalue weighted by atomic mass is 16.4. The van der Waals surface area contributed by atoms with E-state index in [2.05, 4.69) is 11.9 Å². The molecule has 0 bridgehead atoms. The molecule has 0 fully saturated rings. The van der Waals surface area contributed by atoms with Crippen molar-refractivity contribution in [2.75, 3.05) is 5.32 Å². The Morgan fingerprint density at radius 1 is 1.09 bits per heavy atom. The zero-order chi connectivity index (χ0) is 16.2. The van der Waals surface area contributed by atoms with Crippen molar-refractivity contribution in [1.29, 1.82) is 0 Å². The average molecular weight is 303 g/mol. The number of amides is 1. The van der Waals surface area contributed by atoms with Gasteiger partial charge in [-0.25, -0.2) is 4.79 Å². The van der Waals surface area contributed by atoms with Crippen LogP contribution in [0.25, 0.3) is 0 Å². The molecule has 1 rings (SSSR count). The summed E-state index contributed by atoms with van der Waals surface area (Å²) in [5.41, 5.74) is 0.714. The van der Waals surface area contributed by atoms with Crippen molar-refractivity contribution in [1.82, 2.24) is 0 Å². The Morgan fingerprint density at radius 2 is 1.77 bits per heavy atom. The van der Waals surface area contributed by atoms with E-state index in [0.717, 1.165) is 25.7 Å². The number of benzene rings is 1. The third-order valence-electron chi connectivity index (χ3n) is 3.46. The van der Waals surface area contributed by atoms with E-state index in [1.165, 1.54) is 31.4 Å². The first-order valence-electron chi connectivity index (χ1n) is 7.87. The number of hydrogen-bond donors (Lipinski definition) is 2. The van der Waals surface area contributed by atoms with Gasteiger partial charge >= 0.3 is 5.97 Å². The predicted molar refractivity (Wildman–Crippen MR) is 89.2 cm³/mol. The second-order valence-corrected chi connectivity index (χ2v) is 5.38. The number of rotatable bonds is 11. The Kier molecular flexibility index (Phi) is 8.65. The van der Waals surface area contributed by atoms with Gasteiger partial charge in [-0.3, -0.25) is 4.79 Å². The molecule has 0 unspecified atom stereocenters. The predicted octanol–water partition coefficient (Wildman–Crippen LogP) is 4.63. The summed E-state index contributed by atoms with van der Waals surface area (Å²) in [5, 5.41) is 11.6. The summed E-state index contributed by atoms with van der Waals surface area (Å²) in [6.07, 6.45) is 10.2. The summed E-state index contributed by atoms with van der Waals surface area (Å²) >= 11 is 0. The lowest BCUT2D eigenvalue weighted by Crippen LogP contribution is -2.11. The first-order chi connectivity index (χ1) is 10.6. The summed E-state index contributed by atoms with van der Waals surface area (Å²) < 4.78 is 0. The van der Waals surface area contributed by atoms with Crippen LogP contribution in [0.15, 0.2) is 36.9 Å². The molecule has 4 heteroatoms. The standard InChI is InChI=1S/C18H25NO3/c1-2-3-4-5-6-7-8-9-13-17(20)19-16-12-10-11-15(14-16)18(21)22/h2,10-12,14H,1,3-9,13H2,(H,19,20)(H,21,22). The Hall–Kier alpha value is -2.10. The van der Waals surface area contributed by atoms with Gasteiger partial charge in [-0.05, 0) is 37.5 Å². The van der Waals surface area contributed by atoms with Crippen molar-refractivity contribution in [2.24, 2.45) is 0 Å². The molecule has 0 atom stereocenters. The van der Waals surface area contributed by atoms with Crippen molar-refractivity contribution in [2.45, 2.75) is 51.4 Å². The van der Waals surface area contributed by atoms with Crippen LogP contribution in [0, 0.1) is 0 Å². The first-order valence-corrected chi connectivity index (χ1v) is 7.87. The molecule has 0 aliphatic carbocycles. The number of hydrogen-bond acceptors (Lipinski definition) is 2. The SMILES string of the molecule is C=CCCCCCCCCC(=O)Nc1cccc(C(=O)O)c1. The maximum Gasteiger partial charge on any atom is 0.335 e. The van der Waals surface area contributed by atoms with Crippen molar-refractivity contribution in [3.8, 4) is 0 Å².